The van der Waals surface area contributed by atoms with Gasteiger partial charge in [0.25, 0.3) is 0 Å². The van der Waals surface area contributed by atoms with Gasteiger partial charge < -0.3 is 9.88 Å². The number of anilines is 1. The van der Waals surface area contributed by atoms with Crippen molar-refractivity contribution in [2.45, 2.75) is 50.9 Å². The number of nitrogens with one attached hydrogen (secondary N) is 1. The fourth-order valence-electron chi connectivity index (χ4n) is 2.79. The molecule has 7 heteroatoms. The fraction of sp³-hybridized carbons (Fsp3) is 0.588. The Morgan fingerprint density at radius 2 is 2.17 bits per heavy atom. The van der Waals surface area contributed by atoms with Crippen LogP contribution in [0.25, 0.3) is 0 Å². The second kappa shape index (κ2) is 7.27. The minimum absolute atomic E-state index is 0.173. The molecule has 0 spiro atoms. The molecule has 130 valence electrons. The Balaban J connectivity index is 1.59. The zero-order valence-electron chi connectivity index (χ0n) is 14.6. The van der Waals surface area contributed by atoms with Crippen LogP contribution in [0.5, 0.6) is 0 Å². The molecule has 1 aliphatic carbocycles. The average Bonchev–Trinajstić information content (AvgIpc) is 3.17. The lowest BCUT2D eigenvalue weighted by Gasteiger charge is -2.07. The minimum Gasteiger partial charge on any atom is -0.360 e. The number of aryl methyl sites for hydroxylation is 1. The number of carbonyl (C=O) groups excluding carboxylic acids is 1. The quantitative estimate of drug-likeness (QED) is 0.558. The number of ketones is 1. The number of carbonyl (C=O) groups is 1. The highest BCUT2D eigenvalue weighted by molar-refractivity contribution is 8.01. The van der Waals surface area contributed by atoms with E-state index in [-0.39, 0.29) is 5.78 Å². The lowest BCUT2D eigenvalue weighted by atomic mass is 10.2. The van der Waals surface area contributed by atoms with E-state index in [9.17, 15) is 4.79 Å². The highest BCUT2D eigenvalue weighted by Crippen LogP contribution is 2.38. The molecule has 0 saturated heterocycles. The molecule has 2 heterocycles. The van der Waals surface area contributed by atoms with Crippen molar-refractivity contribution in [3.8, 4) is 0 Å². The molecular formula is C17H24N4OS2. The van der Waals surface area contributed by atoms with E-state index >= 15 is 0 Å². The van der Waals surface area contributed by atoms with Crippen LogP contribution in [0.15, 0.2) is 10.4 Å². The highest BCUT2D eigenvalue weighted by atomic mass is 32.2. The predicted octanol–water partition coefficient (Wildman–Crippen LogP) is 4.33. The molecule has 1 fully saturated rings. The summed E-state index contributed by atoms with van der Waals surface area (Å²) in [6.45, 7) is 9.33. The molecule has 2 aromatic rings. The Morgan fingerprint density at radius 1 is 1.42 bits per heavy atom. The summed E-state index contributed by atoms with van der Waals surface area (Å²) in [5, 5.41) is 12.4. The number of nitrogens with zero attached hydrogens (tertiary/aromatic N) is 3. The molecule has 5 nitrogen and oxygen atoms in total. The first-order chi connectivity index (χ1) is 11.5. The maximum absolute atomic E-state index is 12.6. The molecule has 0 unspecified atom stereocenters. The van der Waals surface area contributed by atoms with Crippen molar-refractivity contribution in [3.05, 3.63) is 23.0 Å². The van der Waals surface area contributed by atoms with E-state index in [2.05, 4.69) is 47.8 Å². The Bertz CT molecular complexity index is 731. The molecule has 24 heavy (non-hydrogen) atoms. The molecule has 0 amide bonds. The van der Waals surface area contributed by atoms with E-state index < -0.39 is 0 Å². The summed E-state index contributed by atoms with van der Waals surface area (Å²) in [5.74, 6) is 1.15. The number of Topliss-reactive ketones (excluding diaryl/α,β-unsaturated/α-hetero) is 1. The van der Waals surface area contributed by atoms with Crippen molar-refractivity contribution in [1.29, 1.82) is 0 Å². The van der Waals surface area contributed by atoms with Gasteiger partial charge in [-0.1, -0.05) is 36.9 Å². The maximum Gasteiger partial charge on any atom is 0.206 e. The van der Waals surface area contributed by atoms with Crippen LogP contribution in [0.2, 0.25) is 0 Å². The smallest absolute Gasteiger partial charge is 0.206 e. The third-order valence-corrected chi connectivity index (χ3v) is 6.11. The molecule has 1 saturated carbocycles. The molecule has 0 aromatic carbocycles. The largest absolute Gasteiger partial charge is 0.360 e. The van der Waals surface area contributed by atoms with Crippen LogP contribution in [-0.4, -0.2) is 32.8 Å². The SMILES string of the molecule is Cc1cc(C(=O)CSc2nnc(NCC(C)C)s2)c(C)n1C1CC1. The molecule has 3 rings (SSSR count). The predicted molar refractivity (Wildman–Crippen MR) is 100 cm³/mol. The average molecular weight is 365 g/mol. The Morgan fingerprint density at radius 3 is 2.83 bits per heavy atom. The fourth-order valence-corrected chi connectivity index (χ4v) is 4.43. The van der Waals surface area contributed by atoms with Gasteiger partial charge in [0.1, 0.15) is 0 Å². The monoisotopic (exact) mass is 364 g/mol. The van der Waals surface area contributed by atoms with Crippen molar-refractivity contribution in [1.82, 2.24) is 14.8 Å². The summed E-state index contributed by atoms with van der Waals surface area (Å²) in [5.41, 5.74) is 3.16. The number of hydrogen-bond acceptors (Lipinski definition) is 6. The van der Waals surface area contributed by atoms with E-state index in [0.29, 0.717) is 17.7 Å². The normalized spacial score (nSPS) is 14.4. The summed E-state index contributed by atoms with van der Waals surface area (Å²) in [6, 6.07) is 2.64. The van der Waals surface area contributed by atoms with Crippen LogP contribution in [0, 0.1) is 19.8 Å². The van der Waals surface area contributed by atoms with Crippen LogP contribution in [0.4, 0.5) is 5.13 Å². The zero-order valence-corrected chi connectivity index (χ0v) is 16.3. The summed E-state index contributed by atoms with van der Waals surface area (Å²) in [6.07, 6.45) is 2.46. The van der Waals surface area contributed by atoms with Crippen LogP contribution in [0.3, 0.4) is 0 Å². The van der Waals surface area contributed by atoms with Crippen LogP contribution < -0.4 is 5.32 Å². The van der Waals surface area contributed by atoms with Gasteiger partial charge in [0.05, 0.1) is 5.75 Å². The van der Waals surface area contributed by atoms with Gasteiger partial charge >= 0.3 is 0 Å². The van der Waals surface area contributed by atoms with E-state index in [1.54, 1.807) is 0 Å². The summed E-state index contributed by atoms with van der Waals surface area (Å²) in [4.78, 5) is 12.6. The molecule has 0 radical (unpaired) electrons. The van der Waals surface area contributed by atoms with Gasteiger partial charge in [-0.05, 0) is 38.7 Å². The first-order valence-corrected chi connectivity index (χ1v) is 10.2. The van der Waals surface area contributed by atoms with Crippen molar-refractivity contribution >= 4 is 34.0 Å². The molecule has 0 aliphatic heterocycles. The van der Waals surface area contributed by atoms with E-state index in [4.69, 9.17) is 0 Å². The molecule has 2 aromatic heterocycles. The minimum atomic E-state index is 0.173. The topological polar surface area (TPSA) is 59.8 Å². The summed E-state index contributed by atoms with van der Waals surface area (Å²) in [7, 11) is 0. The summed E-state index contributed by atoms with van der Waals surface area (Å²) >= 11 is 2.98. The lowest BCUT2D eigenvalue weighted by Crippen LogP contribution is -2.07. The zero-order chi connectivity index (χ0) is 17.3. The first-order valence-electron chi connectivity index (χ1n) is 8.37. The van der Waals surface area contributed by atoms with E-state index in [1.165, 1.54) is 41.6 Å². The van der Waals surface area contributed by atoms with Gasteiger partial charge in [-0.25, -0.2) is 0 Å². The van der Waals surface area contributed by atoms with Gasteiger partial charge in [-0.15, -0.1) is 10.2 Å². The van der Waals surface area contributed by atoms with Gasteiger partial charge in [0.15, 0.2) is 10.1 Å². The second-order valence-electron chi connectivity index (χ2n) is 6.75. The molecule has 0 atom stereocenters. The van der Waals surface area contributed by atoms with Crippen LogP contribution >= 0.6 is 23.1 Å². The van der Waals surface area contributed by atoms with Gasteiger partial charge in [0, 0.05) is 29.5 Å². The molecule has 0 bridgehead atoms. The number of rotatable bonds is 8. The molecule has 1 aliphatic rings. The Labute approximate surface area is 151 Å². The van der Waals surface area contributed by atoms with Gasteiger partial charge in [-0.3, -0.25) is 4.79 Å². The number of hydrogen-bond donors (Lipinski definition) is 1. The van der Waals surface area contributed by atoms with Crippen molar-refractivity contribution < 1.29 is 4.79 Å². The number of thioether (sulfide) groups is 1. The third kappa shape index (κ3) is 4.00. The van der Waals surface area contributed by atoms with Crippen molar-refractivity contribution in [3.63, 3.8) is 0 Å². The lowest BCUT2D eigenvalue weighted by molar-refractivity contribution is 0.102. The van der Waals surface area contributed by atoms with E-state index in [1.807, 2.05) is 6.07 Å². The van der Waals surface area contributed by atoms with Crippen LogP contribution in [-0.2, 0) is 0 Å². The molecule has 1 N–H and O–H groups in total. The standard InChI is InChI=1S/C17H24N4OS2/c1-10(2)8-18-16-19-20-17(24-16)23-9-15(22)14-7-11(3)21(12(14)4)13-5-6-13/h7,10,13H,5-6,8-9H2,1-4H3,(H,18,19). The summed E-state index contributed by atoms with van der Waals surface area (Å²) < 4.78 is 3.15. The van der Waals surface area contributed by atoms with Crippen molar-refractivity contribution in [2.75, 3.05) is 17.6 Å². The number of aromatic nitrogens is 3. The Hall–Kier alpha value is -1.34. The first kappa shape index (κ1) is 17.5. The second-order valence-corrected chi connectivity index (χ2v) is 8.95. The van der Waals surface area contributed by atoms with Crippen LogP contribution in [0.1, 0.15) is 54.5 Å². The third-order valence-electron chi connectivity index (χ3n) is 4.09. The van der Waals surface area contributed by atoms with Crippen molar-refractivity contribution in [2.24, 2.45) is 5.92 Å². The highest BCUT2D eigenvalue weighted by Gasteiger charge is 2.28. The molecular weight excluding hydrogens is 340 g/mol. The van der Waals surface area contributed by atoms with Gasteiger partial charge in [0.2, 0.25) is 5.13 Å². The Kier molecular flexibility index (Phi) is 5.30. The van der Waals surface area contributed by atoms with Gasteiger partial charge in [-0.2, -0.15) is 0 Å². The van der Waals surface area contributed by atoms with E-state index in [0.717, 1.165) is 27.3 Å². The maximum atomic E-state index is 12.6.